The molecule has 0 aromatic carbocycles. The van der Waals surface area contributed by atoms with E-state index in [0.29, 0.717) is 21.7 Å². The topological polar surface area (TPSA) is 101 Å². The van der Waals surface area contributed by atoms with Gasteiger partial charge in [0.05, 0.1) is 10.6 Å². The van der Waals surface area contributed by atoms with Gasteiger partial charge < -0.3 is 10.0 Å². The number of aromatic carboxylic acids is 1. The Hall–Kier alpha value is -2.38. The standard InChI is InChI=1S/C27H37N5O3S2/c1-17-6-8-18(9-7-17)24(33)32(19-10-12-20(13-11-19)37-26-28-29-30-31(26)5)22-16-21(14-15-27(2,3)4)36-23(22)25(34)35/h16-20H,6-13H2,1-5H3,(H,34,35). The van der Waals surface area contributed by atoms with Crippen molar-refractivity contribution in [2.45, 2.75) is 95.5 Å². The molecule has 200 valence electrons. The maximum atomic E-state index is 14.1. The molecule has 2 heterocycles. The number of carbonyl (C=O) groups is 2. The van der Waals surface area contributed by atoms with Crippen LogP contribution in [0.15, 0.2) is 11.2 Å². The number of aromatic nitrogens is 4. The molecule has 2 aliphatic carbocycles. The van der Waals surface area contributed by atoms with Crippen molar-refractivity contribution in [1.82, 2.24) is 20.2 Å². The summed E-state index contributed by atoms with van der Waals surface area (Å²) >= 11 is 2.85. The van der Waals surface area contributed by atoms with Crippen LogP contribution in [0.5, 0.6) is 0 Å². The highest BCUT2D eigenvalue weighted by Gasteiger charge is 2.37. The van der Waals surface area contributed by atoms with Gasteiger partial charge in [0.15, 0.2) is 0 Å². The predicted molar refractivity (Wildman–Crippen MR) is 147 cm³/mol. The largest absolute Gasteiger partial charge is 0.477 e. The number of nitrogens with zero attached hydrogens (tertiary/aromatic N) is 5. The summed E-state index contributed by atoms with van der Waals surface area (Å²) in [5.41, 5.74) is 0.323. The molecule has 0 radical (unpaired) electrons. The number of thioether (sulfide) groups is 1. The van der Waals surface area contributed by atoms with Gasteiger partial charge in [0.25, 0.3) is 0 Å². The molecule has 2 aromatic rings. The zero-order valence-electron chi connectivity index (χ0n) is 22.4. The second kappa shape index (κ2) is 11.6. The monoisotopic (exact) mass is 543 g/mol. The van der Waals surface area contributed by atoms with Gasteiger partial charge in [0, 0.05) is 29.7 Å². The third-order valence-electron chi connectivity index (χ3n) is 7.19. The summed E-state index contributed by atoms with van der Waals surface area (Å²) in [6.07, 6.45) is 7.27. The van der Waals surface area contributed by atoms with E-state index in [-0.39, 0.29) is 28.2 Å². The molecular formula is C27H37N5O3S2. The Morgan fingerprint density at radius 2 is 1.81 bits per heavy atom. The minimum atomic E-state index is -1.00. The van der Waals surface area contributed by atoms with Crippen LogP contribution >= 0.6 is 23.1 Å². The van der Waals surface area contributed by atoms with Crippen molar-refractivity contribution in [2.75, 3.05) is 4.90 Å². The molecular weight excluding hydrogens is 506 g/mol. The van der Waals surface area contributed by atoms with Gasteiger partial charge in [0.1, 0.15) is 4.88 Å². The third kappa shape index (κ3) is 6.94. The van der Waals surface area contributed by atoms with Crippen LogP contribution in [0.4, 0.5) is 5.69 Å². The summed E-state index contributed by atoms with van der Waals surface area (Å²) in [5.74, 6) is 6.03. The van der Waals surface area contributed by atoms with Gasteiger partial charge in [-0.1, -0.05) is 30.5 Å². The highest BCUT2D eigenvalue weighted by Crippen LogP contribution is 2.41. The molecule has 0 spiro atoms. The molecule has 2 aliphatic rings. The van der Waals surface area contributed by atoms with Crippen molar-refractivity contribution >= 4 is 40.7 Å². The van der Waals surface area contributed by atoms with E-state index in [1.54, 1.807) is 16.4 Å². The first-order chi connectivity index (χ1) is 17.5. The van der Waals surface area contributed by atoms with E-state index in [0.717, 1.165) is 56.5 Å². The second-order valence-electron chi connectivity index (χ2n) is 11.4. The van der Waals surface area contributed by atoms with Crippen molar-refractivity contribution in [3.8, 4) is 11.8 Å². The number of carbonyl (C=O) groups excluding carboxylic acids is 1. The van der Waals surface area contributed by atoms with Crippen LogP contribution in [0.25, 0.3) is 0 Å². The van der Waals surface area contributed by atoms with Crippen LogP contribution in [0.1, 0.15) is 93.6 Å². The lowest BCUT2D eigenvalue weighted by Crippen LogP contribution is -2.46. The van der Waals surface area contributed by atoms with Gasteiger partial charge in [-0.2, -0.15) is 0 Å². The van der Waals surface area contributed by atoms with Crippen LogP contribution in [0.3, 0.4) is 0 Å². The van der Waals surface area contributed by atoms with Gasteiger partial charge in [-0.05, 0) is 94.5 Å². The molecule has 10 heteroatoms. The third-order valence-corrected chi connectivity index (χ3v) is 9.58. The van der Waals surface area contributed by atoms with Gasteiger partial charge in [-0.3, -0.25) is 4.79 Å². The molecule has 37 heavy (non-hydrogen) atoms. The maximum absolute atomic E-state index is 14.1. The maximum Gasteiger partial charge on any atom is 0.348 e. The summed E-state index contributed by atoms with van der Waals surface area (Å²) in [6, 6.07) is 1.81. The Balaban J connectivity index is 1.62. The molecule has 0 atom stereocenters. The molecule has 2 aromatic heterocycles. The van der Waals surface area contributed by atoms with E-state index in [2.05, 4.69) is 34.3 Å². The number of hydrogen-bond acceptors (Lipinski definition) is 7. The smallest absolute Gasteiger partial charge is 0.348 e. The van der Waals surface area contributed by atoms with Crippen molar-refractivity contribution in [3.63, 3.8) is 0 Å². The minimum absolute atomic E-state index is 0.0301. The number of aryl methyl sites for hydroxylation is 1. The van der Waals surface area contributed by atoms with Crippen LogP contribution in [0.2, 0.25) is 0 Å². The van der Waals surface area contributed by atoms with E-state index in [1.165, 1.54) is 11.3 Å². The van der Waals surface area contributed by atoms with Crippen LogP contribution in [-0.4, -0.2) is 48.5 Å². The highest BCUT2D eigenvalue weighted by atomic mass is 32.2. The number of carboxylic acid groups (broad SMARTS) is 1. The number of thiophene rings is 1. The van der Waals surface area contributed by atoms with Crippen molar-refractivity contribution in [3.05, 3.63) is 15.8 Å². The Bertz CT molecular complexity index is 1170. The molecule has 0 unspecified atom stereocenters. The lowest BCUT2D eigenvalue weighted by molar-refractivity contribution is -0.124. The van der Waals surface area contributed by atoms with E-state index < -0.39 is 5.97 Å². The van der Waals surface area contributed by atoms with Gasteiger partial charge in [-0.15, -0.1) is 16.4 Å². The average molecular weight is 544 g/mol. The molecule has 1 N–H and O–H groups in total. The summed E-state index contributed by atoms with van der Waals surface area (Å²) < 4.78 is 1.68. The molecule has 2 saturated carbocycles. The SMILES string of the molecule is CC1CCC(C(=O)N(c2cc(C#CC(C)(C)C)sc2C(=O)O)C2CCC(Sc3nnnn3C)CC2)CC1. The molecule has 8 nitrogen and oxygen atoms in total. The van der Waals surface area contributed by atoms with E-state index in [1.807, 2.05) is 38.8 Å². The molecule has 2 fully saturated rings. The molecule has 4 rings (SSSR count). The summed E-state index contributed by atoms with van der Waals surface area (Å²) in [7, 11) is 1.84. The van der Waals surface area contributed by atoms with E-state index >= 15 is 0 Å². The normalized spacial score (nSPS) is 24.2. The molecule has 0 bridgehead atoms. The number of amides is 1. The average Bonchev–Trinajstić information content (AvgIpc) is 3.45. The lowest BCUT2D eigenvalue weighted by atomic mass is 9.81. The fourth-order valence-electron chi connectivity index (χ4n) is 5.11. The summed E-state index contributed by atoms with van der Waals surface area (Å²) in [5, 5.41) is 23.0. The number of tetrazole rings is 1. The minimum Gasteiger partial charge on any atom is -0.477 e. The van der Waals surface area contributed by atoms with Crippen LogP contribution < -0.4 is 4.90 Å². The fourth-order valence-corrected chi connectivity index (χ4v) is 7.04. The number of anilines is 1. The molecule has 0 aliphatic heterocycles. The zero-order chi connectivity index (χ0) is 26.7. The van der Waals surface area contributed by atoms with Crippen molar-refractivity contribution < 1.29 is 14.7 Å². The highest BCUT2D eigenvalue weighted by molar-refractivity contribution is 7.99. The van der Waals surface area contributed by atoms with Crippen molar-refractivity contribution in [2.24, 2.45) is 24.3 Å². The first-order valence-electron chi connectivity index (χ1n) is 13.1. The quantitative estimate of drug-likeness (QED) is 0.471. The fraction of sp³-hybridized carbons (Fsp3) is 0.667. The van der Waals surface area contributed by atoms with E-state index in [4.69, 9.17) is 0 Å². The molecule has 0 saturated heterocycles. The Morgan fingerprint density at radius 3 is 2.38 bits per heavy atom. The molecule has 1 amide bonds. The second-order valence-corrected chi connectivity index (χ2v) is 13.7. The number of carboxylic acids is 1. The summed E-state index contributed by atoms with van der Waals surface area (Å²) in [6.45, 7) is 8.33. The Morgan fingerprint density at radius 1 is 1.14 bits per heavy atom. The van der Waals surface area contributed by atoms with Crippen LogP contribution in [0, 0.1) is 29.1 Å². The van der Waals surface area contributed by atoms with Crippen LogP contribution in [-0.2, 0) is 11.8 Å². The Kier molecular flexibility index (Phi) is 8.64. The van der Waals surface area contributed by atoms with Gasteiger partial charge in [0.2, 0.25) is 11.1 Å². The van der Waals surface area contributed by atoms with Gasteiger partial charge >= 0.3 is 5.97 Å². The summed E-state index contributed by atoms with van der Waals surface area (Å²) in [4.78, 5) is 29.1. The van der Waals surface area contributed by atoms with Crippen molar-refractivity contribution in [1.29, 1.82) is 0 Å². The predicted octanol–water partition coefficient (Wildman–Crippen LogP) is 5.63. The first-order valence-corrected chi connectivity index (χ1v) is 14.8. The zero-order valence-corrected chi connectivity index (χ0v) is 24.0. The Labute approximate surface area is 227 Å². The number of hydrogen-bond donors (Lipinski definition) is 1. The lowest BCUT2D eigenvalue weighted by Gasteiger charge is -2.39. The first kappa shape index (κ1) is 27.6. The number of rotatable bonds is 6. The van der Waals surface area contributed by atoms with Gasteiger partial charge in [-0.25, -0.2) is 9.48 Å². The van der Waals surface area contributed by atoms with E-state index in [9.17, 15) is 14.7 Å².